The predicted octanol–water partition coefficient (Wildman–Crippen LogP) is 4.78. The van der Waals surface area contributed by atoms with Gasteiger partial charge in [0.25, 0.3) is 5.56 Å². The summed E-state index contributed by atoms with van der Waals surface area (Å²) in [6.07, 6.45) is 0.894. The number of para-hydroxylation sites is 1. The lowest BCUT2D eigenvalue weighted by Crippen LogP contribution is -2.36. The summed E-state index contributed by atoms with van der Waals surface area (Å²) in [5.74, 6) is 0.257. The van der Waals surface area contributed by atoms with Gasteiger partial charge in [-0.2, -0.15) is 0 Å². The molecule has 8 heteroatoms. The first-order valence-corrected chi connectivity index (χ1v) is 12.1. The third kappa shape index (κ3) is 4.01. The van der Waals surface area contributed by atoms with Gasteiger partial charge in [0.1, 0.15) is 0 Å². The first kappa shape index (κ1) is 20.3. The number of hydrogen-bond donors (Lipinski definition) is 0. The number of rotatable bonds is 4. The molecule has 0 N–H and O–H groups in total. The minimum Gasteiger partial charge on any atom is -0.337 e. The highest BCUT2D eigenvalue weighted by atomic mass is 35.5. The van der Waals surface area contributed by atoms with E-state index in [1.165, 1.54) is 22.2 Å². The van der Waals surface area contributed by atoms with Gasteiger partial charge in [0.15, 0.2) is 5.16 Å². The van der Waals surface area contributed by atoms with Gasteiger partial charge in [-0.15, -0.1) is 11.3 Å². The quantitative estimate of drug-likeness (QED) is 0.320. The van der Waals surface area contributed by atoms with E-state index in [0.29, 0.717) is 33.3 Å². The molecule has 31 heavy (non-hydrogen) atoms. The summed E-state index contributed by atoms with van der Waals surface area (Å²) >= 11 is 9.21. The molecule has 0 spiro atoms. The zero-order valence-electron chi connectivity index (χ0n) is 16.5. The number of nitrogens with zero attached hydrogens (tertiary/aromatic N) is 3. The molecule has 0 saturated heterocycles. The van der Waals surface area contributed by atoms with Crippen molar-refractivity contribution in [2.75, 3.05) is 12.3 Å². The molecule has 3 heterocycles. The number of carbonyl (C=O) groups excluding carboxylic acids is 1. The van der Waals surface area contributed by atoms with Crippen LogP contribution in [0.2, 0.25) is 5.02 Å². The van der Waals surface area contributed by atoms with E-state index in [-0.39, 0.29) is 17.2 Å². The Morgan fingerprint density at radius 3 is 2.90 bits per heavy atom. The van der Waals surface area contributed by atoms with Crippen LogP contribution in [0.3, 0.4) is 0 Å². The zero-order chi connectivity index (χ0) is 21.4. The Bertz CT molecular complexity index is 1350. The van der Waals surface area contributed by atoms with Crippen LogP contribution >= 0.6 is 34.7 Å². The van der Waals surface area contributed by atoms with Crippen molar-refractivity contribution in [3.63, 3.8) is 0 Å². The number of benzene rings is 2. The Kier molecular flexibility index (Phi) is 5.56. The van der Waals surface area contributed by atoms with E-state index in [4.69, 9.17) is 16.6 Å². The molecule has 1 aliphatic heterocycles. The number of aromatic nitrogens is 2. The lowest BCUT2D eigenvalue weighted by Gasteiger charge is -2.27. The molecule has 2 aromatic heterocycles. The molecule has 0 fully saturated rings. The van der Waals surface area contributed by atoms with Crippen molar-refractivity contribution in [3.8, 4) is 5.69 Å². The Morgan fingerprint density at radius 1 is 1.16 bits per heavy atom. The number of thiophene rings is 1. The van der Waals surface area contributed by atoms with Crippen LogP contribution in [0.5, 0.6) is 0 Å². The van der Waals surface area contributed by atoms with E-state index in [9.17, 15) is 9.59 Å². The summed E-state index contributed by atoms with van der Waals surface area (Å²) in [6.45, 7) is 1.36. The van der Waals surface area contributed by atoms with Crippen molar-refractivity contribution in [3.05, 3.63) is 85.8 Å². The van der Waals surface area contributed by atoms with Crippen LogP contribution in [0.1, 0.15) is 10.4 Å². The molecular weight excluding hydrogens is 450 g/mol. The number of halogens is 1. The second kappa shape index (κ2) is 8.49. The Labute approximate surface area is 192 Å². The summed E-state index contributed by atoms with van der Waals surface area (Å²) in [5, 5.41) is 3.62. The fourth-order valence-electron chi connectivity index (χ4n) is 3.73. The molecule has 0 saturated carbocycles. The van der Waals surface area contributed by atoms with Gasteiger partial charge in [0, 0.05) is 23.0 Å². The van der Waals surface area contributed by atoms with E-state index in [1.54, 1.807) is 40.2 Å². The maximum Gasteiger partial charge on any atom is 0.266 e. The molecule has 5 rings (SSSR count). The monoisotopic (exact) mass is 467 g/mol. The smallest absolute Gasteiger partial charge is 0.266 e. The van der Waals surface area contributed by atoms with Crippen LogP contribution in [-0.2, 0) is 17.8 Å². The van der Waals surface area contributed by atoms with Gasteiger partial charge in [0.2, 0.25) is 5.91 Å². The molecule has 0 unspecified atom stereocenters. The maximum atomic E-state index is 13.3. The average Bonchev–Trinajstić information content (AvgIpc) is 3.25. The first-order valence-electron chi connectivity index (χ1n) is 9.84. The minimum absolute atomic E-state index is 0.0434. The zero-order valence-corrected chi connectivity index (χ0v) is 18.8. The lowest BCUT2D eigenvalue weighted by atomic mass is 10.1. The van der Waals surface area contributed by atoms with Gasteiger partial charge in [-0.1, -0.05) is 41.6 Å². The topological polar surface area (TPSA) is 55.2 Å². The average molecular weight is 468 g/mol. The van der Waals surface area contributed by atoms with Crippen LogP contribution < -0.4 is 5.56 Å². The summed E-state index contributed by atoms with van der Waals surface area (Å²) in [6, 6.07) is 16.4. The van der Waals surface area contributed by atoms with Crippen LogP contribution in [0.4, 0.5) is 0 Å². The second-order valence-corrected chi connectivity index (χ2v) is 9.63. The van der Waals surface area contributed by atoms with Gasteiger partial charge >= 0.3 is 0 Å². The first-order chi connectivity index (χ1) is 15.1. The Balaban J connectivity index is 1.47. The molecule has 4 aromatic rings. The fraction of sp³-hybridized carbons (Fsp3) is 0.174. The van der Waals surface area contributed by atoms with Crippen LogP contribution in [-0.4, -0.2) is 32.7 Å². The SMILES string of the molecule is O=C(CSc1nc2ccccc2c(=O)n1-c1cccc(Cl)c1)N1CCc2sccc2C1. The summed E-state index contributed by atoms with van der Waals surface area (Å²) in [4.78, 5) is 34.2. The molecular formula is C23H18ClN3O2S2. The number of thioether (sulfide) groups is 1. The van der Waals surface area contributed by atoms with Crippen LogP contribution in [0.25, 0.3) is 16.6 Å². The Hall–Kier alpha value is -2.61. The van der Waals surface area contributed by atoms with Gasteiger partial charge in [0.05, 0.1) is 22.3 Å². The van der Waals surface area contributed by atoms with Crippen molar-refractivity contribution in [2.24, 2.45) is 0 Å². The largest absolute Gasteiger partial charge is 0.337 e. The maximum absolute atomic E-state index is 13.3. The molecule has 5 nitrogen and oxygen atoms in total. The summed E-state index contributed by atoms with van der Waals surface area (Å²) in [5.41, 5.74) is 2.30. The highest BCUT2D eigenvalue weighted by molar-refractivity contribution is 7.99. The normalized spacial score (nSPS) is 13.4. The molecule has 2 aromatic carbocycles. The fourth-order valence-corrected chi connectivity index (χ4v) is 5.72. The van der Waals surface area contributed by atoms with E-state index in [2.05, 4.69) is 11.4 Å². The summed E-state index contributed by atoms with van der Waals surface area (Å²) < 4.78 is 1.54. The highest BCUT2D eigenvalue weighted by Crippen LogP contribution is 2.26. The van der Waals surface area contributed by atoms with Gasteiger partial charge < -0.3 is 4.90 Å². The van der Waals surface area contributed by atoms with Gasteiger partial charge in [-0.3, -0.25) is 14.2 Å². The number of carbonyl (C=O) groups is 1. The number of amides is 1. The van der Waals surface area contributed by atoms with E-state index in [1.807, 2.05) is 29.2 Å². The lowest BCUT2D eigenvalue weighted by molar-refractivity contribution is -0.129. The van der Waals surface area contributed by atoms with Crippen LogP contribution in [0, 0.1) is 0 Å². The van der Waals surface area contributed by atoms with Gasteiger partial charge in [-0.25, -0.2) is 4.98 Å². The van der Waals surface area contributed by atoms with Crippen molar-refractivity contribution in [1.29, 1.82) is 0 Å². The number of hydrogen-bond acceptors (Lipinski definition) is 5. The molecule has 0 atom stereocenters. The minimum atomic E-state index is -0.177. The van der Waals surface area contributed by atoms with Gasteiger partial charge in [-0.05, 0) is 53.8 Å². The second-order valence-electron chi connectivity index (χ2n) is 7.25. The molecule has 1 aliphatic rings. The molecule has 0 bridgehead atoms. The molecule has 0 aliphatic carbocycles. The van der Waals surface area contributed by atoms with E-state index < -0.39 is 0 Å². The van der Waals surface area contributed by atoms with E-state index >= 15 is 0 Å². The van der Waals surface area contributed by atoms with Crippen molar-refractivity contribution in [2.45, 2.75) is 18.1 Å². The highest BCUT2D eigenvalue weighted by Gasteiger charge is 2.22. The predicted molar refractivity (Wildman–Crippen MR) is 127 cm³/mol. The molecule has 1 amide bonds. The van der Waals surface area contributed by atoms with E-state index in [0.717, 1.165) is 13.0 Å². The molecule has 156 valence electrons. The van der Waals surface area contributed by atoms with Crippen molar-refractivity contribution >= 4 is 51.5 Å². The standard InChI is InChI=1S/C23H18ClN3O2S2/c24-16-4-3-5-17(12-16)27-22(29)18-6-1-2-7-19(18)25-23(27)31-14-21(28)26-10-8-20-15(13-26)9-11-30-20/h1-7,9,11-12H,8,10,13-14H2. The molecule has 0 radical (unpaired) electrons. The number of fused-ring (bicyclic) bond motifs is 2. The Morgan fingerprint density at radius 2 is 2.03 bits per heavy atom. The third-order valence-electron chi connectivity index (χ3n) is 5.30. The van der Waals surface area contributed by atoms with Crippen molar-refractivity contribution < 1.29 is 4.79 Å². The van der Waals surface area contributed by atoms with Crippen molar-refractivity contribution in [1.82, 2.24) is 14.5 Å². The third-order valence-corrected chi connectivity index (χ3v) is 7.48. The summed E-state index contributed by atoms with van der Waals surface area (Å²) in [7, 11) is 0. The van der Waals surface area contributed by atoms with Crippen LogP contribution in [0.15, 0.2) is 69.9 Å².